The molecule has 4 heterocycles. The third kappa shape index (κ3) is 9.26. The highest BCUT2D eigenvalue weighted by Gasteiger charge is 2.67. The number of benzene rings is 8. The molecule has 3 fully saturated rings. The third-order valence-electron chi connectivity index (χ3n) is 14.4. The summed E-state index contributed by atoms with van der Waals surface area (Å²) in [6.07, 6.45) is -0.908. The molecule has 3 saturated heterocycles. The van der Waals surface area contributed by atoms with Gasteiger partial charge in [-0.1, -0.05) is 231 Å². The summed E-state index contributed by atoms with van der Waals surface area (Å²) in [6, 6.07) is 78.7. The fraction of sp³-hybridized carbons (Fsp3) is 0.203. The topological polar surface area (TPSA) is 89.0 Å². The van der Waals surface area contributed by atoms with Crippen LogP contribution in [-0.2, 0) is 56.7 Å². The highest BCUT2D eigenvalue weighted by Crippen LogP contribution is 2.65. The lowest BCUT2D eigenvalue weighted by Gasteiger charge is -2.41. The van der Waals surface area contributed by atoms with Gasteiger partial charge in [-0.3, -0.25) is 9.05 Å². The van der Waals surface area contributed by atoms with Crippen LogP contribution in [0.4, 0.5) is 0 Å². The molecule has 12 rings (SSSR count). The molecule has 10 heteroatoms. The van der Waals surface area contributed by atoms with Gasteiger partial charge in [-0.25, -0.2) is 4.99 Å². The molecular weight excluding hydrogens is 940 g/mol. The van der Waals surface area contributed by atoms with Crippen LogP contribution in [-0.4, -0.2) is 37.1 Å². The summed E-state index contributed by atoms with van der Waals surface area (Å²) < 4.78 is 49.8. The third-order valence-corrected chi connectivity index (χ3v) is 15.6. The van der Waals surface area contributed by atoms with E-state index in [9.17, 15) is 0 Å². The maximum atomic E-state index is 7.65. The normalized spacial score (nSPS) is 22.3. The number of hydrogen-bond donors (Lipinski definition) is 1. The number of aliphatic imine (C=N–C) groups is 1. The largest absolute Gasteiger partial charge is 0.476 e. The quantitative estimate of drug-likeness (QED) is 0.114. The maximum Gasteiger partial charge on any atom is 0.335 e. The summed E-state index contributed by atoms with van der Waals surface area (Å²) in [7, 11) is -2.21. The van der Waals surface area contributed by atoms with Gasteiger partial charge in [0, 0.05) is 6.42 Å². The van der Waals surface area contributed by atoms with E-state index in [0.29, 0.717) is 31.4 Å². The van der Waals surface area contributed by atoms with Crippen LogP contribution in [0.3, 0.4) is 0 Å². The van der Waals surface area contributed by atoms with Crippen LogP contribution in [0.25, 0.3) is 11.1 Å². The number of nitrogens with one attached hydrogen (secondary N) is 1. The van der Waals surface area contributed by atoms with Gasteiger partial charge >= 0.3 is 8.60 Å². The Morgan fingerprint density at radius 2 is 1.05 bits per heavy atom. The molecule has 0 radical (unpaired) electrons. The van der Waals surface area contributed by atoms with Gasteiger partial charge in [0.15, 0.2) is 22.9 Å². The van der Waals surface area contributed by atoms with Gasteiger partial charge in [0.2, 0.25) is 5.90 Å². The summed E-state index contributed by atoms with van der Waals surface area (Å²) in [4.78, 5) is 5.15. The molecule has 4 aliphatic heterocycles. The van der Waals surface area contributed by atoms with Crippen molar-refractivity contribution in [1.82, 2.24) is 5.32 Å². The standard InChI is InChI=1S/C64H57N2O7P/c1-62(2)70-58-59(71-62)64(52-35-17-7-18-36-52,53-37-19-8-20-38-53)73-74(72-63(58,50-31-13-5-14-32-50)51-33-15-6-16-34-51)69-42-49-29-21-22-39-54(49)48-30-23-24-45(40-48)41-55(60-65-56(43-67-60)46-25-9-3-10-26-46)61-66-57(44-68-61)47-27-11-4-12-28-47/h3-40,56-59,65H,41-44H2,1-2H3/b60-55-/t56-,57-,58-,59-/m1/s1. The Morgan fingerprint density at radius 3 is 1.61 bits per heavy atom. The Kier molecular flexibility index (Phi) is 13.3. The smallest absolute Gasteiger partial charge is 0.335 e. The molecule has 0 aromatic heterocycles. The van der Waals surface area contributed by atoms with Gasteiger partial charge < -0.3 is 28.8 Å². The van der Waals surface area contributed by atoms with E-state index in [1.165, 1.54) is 0 Å². The molecule has 0 bridgehead atoms. The molecule has 8 aromatic carbocycles. The highest BCUT2D eigenvalue weighted by atomic mass is 31.2. The number of ether oxygens (including phenoxy) is 4. The molecule has 0 aliphatic carbocycles. The summed E-state index contributed by atoms with van der Waals surface area (Å²) in [5, 5.41) is 3.68. The molecule has 4 aliphatic rings. The van der Waals surface area contributed by atoms with Crippen molar-refractivity contribution < 1.29 is 32.5 Å². The first-order chi connectivity index (χ1) is 36.4. The molecule has 370 valence electrons. The molecule has 0 amide bonds. The first kappa shape index (κ1) is 47.8. The zero-order valence-corrected chi connectivity index (χ0v) is 42.2. The lowest BCUT2D eigenvalue weighted by atomic mass is 9.72. The van der Waals surface area contributed by atoms with Gasteiger partial charge in [-0.2, -0.15) is 0 Å². The Bertz CT molecular complexity index is 3070. The fourth-order valence-electron chi connectivity index (χ4n) is 10.9. The van der Waals surface area contributed by atoms with E-state index >= 15 is 0 Å². The van der Waals surface area contributed by atoms with Gasteiger partial charge in [0.05, 0.1) is 18.2 Å². The van der Waals surface area contributed by atoms with Gasteiger partial charge in [0.1, 0.15) is 31.5 Å². The van der Waals surface area contributed by atoms with Crippen molar-refractivity contribution >= 4 is 14.5 Å². The monoisotopic (exact) mass is 996 g/mol. The lowest BCUT2D eigenvalue weighted by Crippen LogP contribution is -2.53. The SMILES string of the molecule is CC1(C)O[C@@H]2[C@@H](O1)C(c1ccccc1)(c1ccccc1)OP(OCc1ccccc1-c1cccc(C/C(C3=N[C@@H](c4ccccc4)CO3)=C3\N[C@@H](c4ccccc4)CO3)c1)OC2(c1ccccc1)c1ccccc1. The number of nitrogens with zero attached hydrogens (tertiary/aromatic N) is 1. The van der Waals surface area contributed by atoms with E-state index < -0.39 is 37.8 Å². The molecular formula is C64H57N2O7P. The second-order valence-electron chi connectivity index (χ2n) is 19.5. The number of rotatable bonds is 13. The molecule has 74 heavy (non-hydrogen) atoms. The zero-order chi connectivity index (χ0) is 50.0. The number of fused-ring (bicyclic) bond motifs is 1. The van der Waals surface area contributed by atoms with Crippen LogP contribution in [0.1, 0.15) is 70.4 Å². The molecule has 8 aromatic rings. The molecule has 0 spiro atoms. The predicted molar refractivity (Wildman–Crippen MR) is 288 cm³/mol. The van der Waals surface area contributed by atoms with Crippen LogP contribution < -0.4 is 5.32 Å². The molecule has 0 unspecified atom stereocenters. The highest BCUT2D eigenvalue weighted by molar-refractivity contribution is 7.41. The van der Waals surface area contributed by atoms with E-state index in [4.69, 9.17) is 37.5 Å². The van der Waals surface area contributed by atoms with E-state index in [1.54, 1.807) is 0 Å². The van der Waals surface area contributed by atoms with Gasteiger partial charge in [-0.05, 0) is 69.5 Å². The van der Waals surface area contributed by atoms with Crippen molar-refractivity contribution in [3.8, 4) is 11.1 Å². The van der Waals surface area contributed by atoms with Gasteiger partial charge in [0.25, 0.3) is 0 Å². The van der Waals surface area contributed by atoms with Crippen LogP contribution in [0.5, 0.6) is 0 Å². The van der Waals surface area contributed by atoms with E-state index in [-0.39, 0.29) is 18.7 Å². The van der Waals surface area contributed by atoms with Gasteiger partial charge in [-0.15, -0.1) is 0 Å². The average molecular weight is 997 g/mol. The Morgan fingerprint density at radius 1 is 0.554 bits per heavy atom. The average Bonchev–Trinajstić information content (AvgIpc) is 4.24. The van der Waals surface area contributed by atoms with Crippen molar-refractivity contribution in [3.63, 3.8) is 0 Å². The van der Waals surface area contributed by atoms with Crippen LogP contribution in [0.2, 0.25) is 0 Å². The molecule has 4 atom stereocenters. The van der Waals surface area contributed by atoms with Crippen molar-refractivity contribution in [3.05, 3.63) is 286 Å². The molecule has 0 saturated carbocycles. The number of hydrogen-bond acceptors (Lipinski definition) is 9. The van der Waals surface area contributed by atoms with Crippen molar-refractivity contribution in [1.29, 1.82) is 0 Å². The summed E-state index contributed by atoms with van der Waals surface area (Å²) in [6.45, 7) is 5.05. The minimum atomic E-state index is -2.21. The summed E-state index contributed by atoms with van der Waals surface area (Å²) in [5.74, 6) is 0.265. The first-order valence-corrected chi connectivity index (χ1v) is 26.5. The Labute approximate surface area is 434 Å². The minimum absolute atomic E-state index is 0.00278. The van der Waals surface area contributed by atoms with Crippen molar-refractivity contribution in [2.24, 2.45) is 4.99 Å². The second kappa shape index (κ2) is 20.6. The fourth-order valence-corrected chi connectivity index (χ4v) is 12.4. The van der Waals surface area contributed by atoms with Crippen LogP contribution >= 0.6 is 8.60 Å². The van der Waals surface area contributed by atoms with Crippen LogP contribution in [0.15, 0.2) is 247 Å². The molecule has 9 nitrogen and oxygen atoms in total. The van der Waals surface area contributed by atoms with Crippen LogP contribution in [0, 0.1) is 0 Å². The minimum Gasteiger partial charge on any atom is -0.476 e. The van der Waals surface area contributed by atoms with Crippen molar-refractivity contribution in [2.75, 3.05) is 13.2 Å². The summed E-state index contributed by atoms with van der Waals surface area (Å²) >= 11 is 0. The lowest BCUT2D eigenvalue weighted by molar-refractivity contribution is -0.176. The first-order valence-electron chi connectivity index (χ1n) is 25.4. The maximum absolute atomic E-state index is 7.65. The Balaban J connectivity index is 0.917. The summed E-state index contributed by atoms with van der Waals surface area (Å²) in [5.41, 5.74) is 8.32. The van der Waals surface area contributed by atoms with E-state index in [2.05, 4.69) is 133 Å². The Hall–Kier alpha value is -7.20. The predicted octanol–water partition coefficient (Wildman–Crippen LogP) is 13.8. The van der Waals surface area contributed by atoms with E-state index in [1.807, 2.05) is 117 Å². The zero-order valence-electron chi connectivity index (χ0n) is 41.3. The molecule has 1 N–H and O–H groups in total. The second-order valence-corrected chi connectivity index (χ2v) is 20.6. The van der Waals surface area contributed by atoms with E-state index in [0.717, 1.165) is 61.2 Å². The van der Waals surface area contributed by atoms with Crippen molar-refractivity contribution in [2.45, 2.75) is 68.2 Å².